The summed E-state index contributed by atoms with van der Waals surface area (Å²) in [6.45, 7) is 1.69. The molecule has 2 heterocycles. The molecule has 0 aliphatic heterocycles. The van der Waals surface area contributed by atoms with Gasteiger partial charge in [-0.3, -0.25) is 9.59 Å². The van der Waals surface area contributed by atoms with Crippen molar-refractivity contribution >= 4 is 40.2 Å². The molecule has 1 aliphatic carbocycles. The first-order chi connectivity index (χ1) is 12.9. The number of hydrogen-bond acceptors (Lipinski definition) is 6. The summed E-state index contributed by atoms with van der Waals surface area (Å²) in [5.74, 6) is -0.723. The molecule has 0 unspecified atom stereocenters. The number of nitrogens with one attached hydrogen (secondary N) is 1. The number of ether oxygens (including phenoxy) is 1. The first-order valence-electron chi connectivity index (χ1n) is 8.56. The highest BCUT2D eigenvalue weighted by molar-refractivity contribution is 7.17. The maximum atomic E-state index is 12.1. The minimum atomic E-state index is -0.670. The predicted molar refractivity (Wildman–Crippen MR) is 101 cm³/mol. The molecular weight excluding hydrogens is 368 g/mol. The monoisotopic (exact) mass is 388 g/mol. The molecule has 2 amide bonds. The minimum Gasteiger partial charge on any atom is -0.465 e. The van der Waals surface area contributed by atoms with Crippen molar-refractivity contribution in [3.8, 4) is 0 Å². The van der Waals surface area contributed by atoms with Crippen LogP contribution in [0.1, 0.15) is 39.9 Å². The minimum absolute atomic E-state index is 0.374. The summed E-state index contributed by atoms with van der Waals surface area (Å²) in [5.41, 5.74) is 6.82. The maximum absolute atomic E-state index is 12.1. The molecule has 142 valence electrons. The van der Waals surface area contributed by atoms with E-state index in [-0.39, 0.29) is 0 Å². The van der Waals surface area contributed by atoms with Crippen LogP contribution in [0.4, 0.5) is 5.00 Å². The second-order valence-corrected chi connectivity index (χ2v) is 7.53. The van der Waals surface area contributed by atoms with Crippen LogP contribution >= 0.6 is 11.3 Å². The number of amides is 2. The van der Waals surface area contributed by atoms with E-state index in [1.165, 1.54) is 29.8 Å². The van der Waals surface area contributed by atoms with Crippen molar-refractivity contribution in [2.75, 3.05) is 11.9 Å². The van der Waals surface area contributed by atoms with Crippen molar-refractivity contribution < 1.29 is 23.5 Å². The lowest BCUT2D eigenvalue weighted by Crippen LogP contribution is -2.22. The van der Waals surface area contributed by atoms with Gasteiger partial charge in [-0.2, -0.15) is 0 Å². The van der Waals surface area contributed by atoms with Gasteiger partial charge in [0.05, 0.1) is 11.8 Å². The van der Waals surface area contributed by atoms with Crippen LogP contribution in [0.3, 0.4) is 0 Å². The second-order valence-electron chi connectivity index (χ2n) is 6.42. The summed E-state index contributed by atoms with van der Waals surface area (Å²) in [7, 11) is 0. The average molecular weight is 388 g/mol. The van der Waals surface area contributed by atoms with Crippen LogP contribution in [0.5, 0.6) is 0 Å². The third-order valence-electron chi connectivity index (χ3n) is 4.28. The zero-order valence-electron chi connectivity index (χ0n) is 14.8. The van der Waals surface area contributed by atoms with Crippen molar-refractivity contribution in [2.45, 2.75) is 26.2 Å². The van der Waals surface area contributed by atoms with Gasteiger partial charge < -0.3 is 20.2 Å². The lowest BCUT2D eigenvalue weighted by atomic mass is 9.88. The van der Waals surface area contributed by atoms with Gasteiger partial charge in [0.1, 0.15) is 10.8 Å². The predicted octanol–water partition coefficient (Wildman–Crippen LogP) is 2.76. The van der Waals surface area contributed by atoms with E-state index in [2.05, 4.69) is 12.2 Å². The van der Waals surface area contributed by atoms with E-state index < -0.39 is 24.4 Å². The van der Waals surface area contributed by atoms with Crippen molar-refractivity contribution in [3.63, 3.8) is 0 Å². The Hall–Kier alpha value is -2.87. The van der Waals surface area contributed by atoms with E-state index in [1.807, 2.05) is 0 Å². The van der Waals surface area contributed by atoms with Gasteiger partial charge in [0.25, 0.3) is 11.8 Å². The number of hydrogen-bond donors (Lipinski definition) is 2. The molecule has 0 saturated heterocycles. The summed E-state index contributed by atoms with van der Waals surface area (Å²) in [4.78, 5) is 36.7. The zero-order chi connectivity index (χ0) is 19.4. The molecule has 0 bridgehead atoms. The third-order valence-corrected chi connectivity index (χ3v) is 5.45. The Balaban J connectivity index is 1.61. The molecule has 1 aliphatic rings. The molecule has 0 spiro atoms. The summed E-state index contributed by atoms with van der Waals surface area (Å²) >= 11 is 1.37. The molecular formula is C19H20N2O5S. The summed E-state index contributed by atoms with van der Waals surface area (Å²) in [5, 5.41) is 3.07. The van der Waals surface area contributed by atoms with E-state index in [0.717, 1.165) is 29.7 Å². The first-order valence-corrected chi connectivity index (χ1v) is 9.38. The van der Waals surface area contributed by atoms with Gasteiger partial charge in [-0.05, 0) is 49.0 Å². The number of anilines is 1. The van der Waals surface area contributed by atoms with Crippen molar-refractivity contribution in [1.29, 1.82) is 0 Å². The number of carbonyl (C=O) groups is 3. The third kappa shape index (κ3) is 4.65. The molecule has 0 fully saturated rings. The highest BCUT2D eigenvalue weighted by Gasteiger charge is 2.27. The Morgan fingerprint density at radius 1 is 1.44 bits per heavy atom. The van der Waals surface area contributed by atoms with Gasteiger partial charge in [-0.1, -0.05) is 6.92 Å². The lowest BCUT2D eigenvalue weighted by molar-refractivity contribution is -0.142. The number of fused-ring (bicyclic) bond motifs is 1. The number of nitrogens with two attached hydrogens (primary N) is 1. The molecule has 7 nitrogen and oxygen atoms in total. The van der Waals surface area contributed by atoms with E-state index in [1.54, 1.807) is 12.1 Å². The van der Waals surface area contributed by atoms with Crippen molar-refractivity contribution in [3.05, 3.63) is 46.2 Å². The highest BCUT2D eigenvalue weighted by Crippen LogP contribution is 2.39. The number of rotatable bonds is 6. The molecule has 0 saturated carbocycles. The number of thiophene rings is 1. The number of carbonyl (C=O) groups excluding carboxylic acids is 3. The van der Waals surface area contributed by atoms with Crippen LogP contribution in [-0.4, -0.2) is 24.4 Å². The molecule has 8 heteroatoms. The topological polar surface area (TPSA) is 112 Å². The average Bonchev–Trinajstić information content (AvgIpc) is 3.24. The van der Waals surface area contributed by atoms with E-state index in [9.17, 15) is 14.4 Å². The van der Waals surface area contributed by atoms with Crippen LogP contribution in [-0.2, 0) is 27.2 Å². The van der Waals surface area contributed by atoms with Crippen molar-refractivity contribution in [2.24, 2.45) is 11.7 Å². The van der Waals surface area contributed by atoms with E-state index in [0.29, 0.717) is 22.2 Å². The van der Waals surface area contributed by atoms with E-state index in [4.69, 9.17) is 14.9 Å². The Morgan fingerprint density at radius 3 is 2.96 bits per heavy atom. The van der Waals surface area contributed by atoms with Gasteiger partial charge in [-0.25, -0.2) is 4.79 Å². The highest BCUT2D eigenvalue weighted by atomic mass is 32.1. The summed E-state index contributed by atoms with van der Waals surface area (Å²) in [6, 6.07) is 3.37. The Bertz CT molecular complexity index is 882. The lowest BCUT2D eigenvalue weighted by Gasteiger charge is -2.18. The molecule has 1 atom stereocenters. The maximum Gasteiger partial charge on any atom is 0.331 e. The fourth-order valence-electron chi connectivity index (χ4n) is 2.98. The largest absolute Gasteiger partial charge is 0.465 e. The summed E-state index contributed by atoms with van der Waals surface area (Å²) in [6.07, 6.45) is 6.72. The quantitative estimate of drug-likeness (QED) is 0.584. The molecule has 3 rings (SSSR count). The molecule has 2 aromatic rings. The van der Waals surface area contributed by atoms with E-state index >= 15 is 0 Å². The SMILES string of the molecule is C[C@@H]1CCc2c(sc(NC(=O)COC(=O)/C=C/c3ccco3)c2C(N)=O)C1. The van der Waals surface area contributed by atoms with Crippen LogP contribution in [0, 0.1) is 5.92 Å². The number of primary amides is 1. The van der Waals surface area contributed by atoms with Gasteiger partial charge in [-0.15, -0.1) is 11.3 Å². The Kier molecular flexibility index (Phi) is 5.75. The van der Waals surface area contributed by atoms with Gasteiger partial charge in [0.15, 0.2) is 6.61 Å². The number of esters is 1. The summed E-state index contributed by atoms with van der Waals surface area (Å²) < 4.78 is 9.96. The zero-order valence-corrected chi connectivity index (χ0v) is 15.6. The standard InChI is InChI=1S/C19H20N2O5S/c1-11-4-6-13-14(9-11)27-19(17(13)18(20)24)21-15(22)10-26-16(23)7-5-12-3-2-8-25-12/h2-3,5,7-8,11H,4,6,9-10H2,1H3,(H2,20,24)(H,21,22)/b7-5+/t11-/m1/s1. The fraction of sp³-hybridized carbons (Fsp3) is 0.316. The smallest absolute Gasteiger partial charge is 0.331 e. The van der Waals surface area contributed by atoms with Crippen molar-refractivity contribution in [1.82, 2.24) is 0 Å². The normalized spacial score (nSPS) is 16.1. The molecule has 3 N–H and O–H groups in total. The molecule has 0 radical (unpaired) electrons. The van der Waals surface area contributed by atoms with Crippen LogP contribution in [0.15, 0.2) is 28.9 Å². The first kappa shape index (κ1) is 18.9. The van der Waals surface area contributed by atoms with Crippen LogP contribution in [0.25, 0.3) is 6.08 Å². The molecule has 0 aromatic carbocycles. The molecule has 2 aromatic heterocycles. The molecule has 27 heavy (non-hydrogen) atoms. The second kappa shape index (κ2) is 8.22. The van der Waals surface area contributed by atoms with Gasteiger partial charge >= 0.3 is 5.97 Å². The number of furan rings is 1. The van der Waals surface area contributed by atoms with Gasteiger partial charge in [0.2, 0.25) is 0 Å². The fourth-order valence-corrected chi connectivity index (χ4v) is 4.42. The van der Waals surface area contributed by atoms with Crippen LogP contribution < -0.4 is 11.1 Å². The Labute approximate surface area is 160 Å². The Morgan fingerprint density at radius 2 is 2.26 bits per heavy atom. The van der Waals surface area contributed by atoms with Gasteiger partial charge in [0, 0.05) is 11.0 Å². The van der Waals surface area contributed by atoms with Crippen LogP contribution in [0.2, 0.25) is 0 Å².